The van der Waals surface area contributed by atoms with Gasteiger partial charge in [-0.15, -0.1) is 0 Å². The second-order valence-corrected chi connectivity index (χ2v) is 6.94. The maximum absolute atomic E-state index is 5.34. The van der Waals surface area contributed by atoms with Gasteiger partial charge in [-0.3, -0.25) is 0 Å². The van der Waals surface area contributed by atoms with E-state index in [0.717, 1.165) is 24.5 Å². The van der Waals surface area contributed by atoms with Gasteiger partial charge in [0.2, 0.25) is 0 Å². The Morgan fingerprint density at radius 2 is 2.00 bits per heavy atom. The fourth-order valence-electron chi connectivity index (χ4n) is 3.32. The Kier molecular flexibility index (Phi) is 4.32. The lowest BCUT2D eigenvalue weighted by Crippen LogP contribution is -2.49. The Labute approximate surface area is 132 Å². The minimum atomic E-state index is 0.318. The molecule has 0 radical (unpaired) electrons. The van der Waals surface area contributed by atoms with Crippen molar-refractivity contribution in [2.75, 3.05) is 14.1 Å². The van der Waals surface area contributed by atoms with Crippen LogP contribution in [0.15, 0.2) is 40.9 Å². The van der Waals surface area contributed by atoms with Gasteiger partial charge in [0.15, 0.2) is 5.76 Å². The van der Waals surface area contributed by atoms with Crippen LogP contribution in [0.1, 0.15) is 36.8 Å². The van der Waals surface area contributed by atoms with Crippen LogP contribution in [0.25, 0.3) is 0 Å². The van der Waals surface area contributed by atoms with Gasteiger partial charge in [0.25, 0.3) is 0 Å². The molecule has 1 fully saturated rings. The molecule has 118 valence electrons. The second kappa shape index (κ2) is 6.23. The van der Waals surface area contributed by atoms with E-state index < -0.39 is 0 Å². The number of nitrogens with zero attached hydrogens (tertiary/aromatic N) is 2. The van der Waals surface area contributed by atoms with Gasteiger partial charge in [0.05, 0.1) is 12.2 Å². The van der Waals surface area contributed by atoms with Gasteiger partial charge in [0.1, 0.15) is 0 Å². The van der Waals surface area contributed by atoms with Gasteiger partial charge in [-0.05, 0) is 37.9 Å². The minimum Gasteiger partial charge on any atom is -0.360 e. The third-order valence-corrected chi connectivity index (χ3v) is 4.52. The summed E-state index contributed by atoms with van der Waals surface area (Å²) in [5.41, 5.74) is 2.76. The smallest absolute Gasteiger partial charge is 0.150 e. The van der Waals surface area contributed by atoms with E-state index in [-0.39, 0.29) is 0 Å². The van der Waals surface area contributed by atoms with Gasteiger partial charge in [-0.2, -0.15) is 0 Å². The first-order valence-electron chi connectivity index (χ1n) is 7.93. The van der Waals surface area contributed by atoms with Crippen LogP contribution in [0, 0.1) is 0 Å². The standard InChI is InChI=1S/C18H25N3O/c1-18(14-7-5-4-6-8-14)10-16(11-18)19-12-15-9-17(22-20-15)13-21(2)3/h4-9,16,19H,10-13H2,1-3H3. The van der Waals surface area contributed by atoms with Crippen LogP contribution in [0.3, 0.4) is 0 Å². The summed E-state index contributed by atoms with van der Waals surface area (Å²) in [7, 11) is 4.05. The quantitative estimate of drug-likeness (QED) is 0.890. The Hall–Kier alpha value is -1.65. The number of benzene rings is 1. The highest BCUT2D eigenvalue weighted by Gasteiger charge is 2.41. The fraction of sp³-hybridized carbons (Fsp3) is 0.500. The molecule has 1 aliphatic carbocycles. The lowest BCUT2D eigenvalue weighted by Gasteiger charge is -2.46. The summed E-state index contributed by atoms with van der Waals surface area (Å²) in [4.78, 5) is 2.08. The predicted octanol–water partition coefficient (Wildman–Crippen LogP) is 2.95. The van der Waals surface area contributed by atoms with E-state index in [0.29, 0.717) is 11.5 Å². The zero-order valence-corrected chi connectivity index (χ0v) is 13.7. The molecule has 1 aromatic heterocycles. The number of aromatic nitrogens is 1. The van der Waals surface area contributed by atoms with Crippen LogP contribution >= 0.6 is 0 Å². The summed E-state index contributed by atoms with van der Waals surface area (Å²) in [6.45, 7) is 3.93. The van der Waals surface area contributed by atoms with Crippen LogP contribution in [-0.2, 0) is 18.5 Å². The van der Waals surface area contributed by atoms with Crippen LogP contribution in [0.2, 0.25) is 0 Å². The van der Waals surface area contributed by atoms with Crippen LogP contribution in [0.4, 0.5) is 0 Å². The van der Waals surface area contributed by atoms with Crippen LogP contribution in [0.5, 0.6) is 0 Å². The largest absolute Gasteiger partial charge is 0.360 e. The maximum Gasteiger partial charge on any atom is 0.150 e. The second-order valence-electron chi connectivity index (χ2n) is 6.94. The minimum absolute atomic E-state index is 0.318. The molecular formula is C18H25N3O. The Morgan fingerprint density at radius 3 is 2.68 bits per heavy atom. The maximum atomic E-state index is 5.34. The summed E-state index contributed by atoms with van der Waals surface area (Å²) in [5.74, 6) is 0.921. The van der Waals surface area contributed by atoms with E-state index in [4.69, 9.17) is 4.52 Å². The average molecular weight is 299 g/mol. The van der Waals surface area contributed by atoms with Gasteiger partial charge < -0.3 is 14.7 Å². The highest BCUT2D eigenvalue weighted by molar-refractivity contribution is 5.28. The third kappa shape index (κ3) is 3.39. The number of hydrogen-bond acceptors (Lipinski definition) is 4. The SMILES string of the molecule is CN(C)Cc1cc(CNC2CC(C)(c3ccccc3)C2)no1. The Morgan fingerprint density at radius 1 is 1.27 bits per heavy atom. The van der Waals surface area contributed by atoms with E-state index in [1.165, 1.54) is 18.4 Å². The molecule has 0 atom stereocenters. The Balaban J connectivity index is 1.47. The predicted molar refractivity (Wildman–Crippen MR) is 87.5 cm³/mol. The first kappa shape index (κ1) is 15.3. The molecule has 1 heterocycles. The van der Waals surface area contributed by atoms with Crippen molar-refractivity contribution in [2.45, 2.75) is 44.3 Å². The van der Waals surface area contributed by atoms with Crippen molar-refractivity contribution in [3.05, 3.63) is 53.4 Å². The van der Waals surface area contributed by atoms with E-state index in [2.05, 4.69) is 52.6 Å². The zero-order chi connectivity index (χ0) is 15.6. The number of rotatable bonds is 6. The first-order valence-corrected chi connectivity index (χ1v) is 7.93. The lowest BCUT2D eigenvalue weighted by atomic mass is 9.63. The number of nitrogens with one attached hydrogen (secondary N) is 1. The summed E-state index contributed by atoms with van der Waals surface area (Å²) in [5, 5.41) is 7.72. The molecule has 4 nitrogen and oxygen atoms in total. The van der Waals surface area contributed by atoms with E-state index in [9.17, 15) is 0 Å². The molecule has 1 aliphatic rings. The van der Waals surface area contributed by atoms with E-state index in [1.807, 2.05) is 20.2 Å². The first-order chi connectivity index (χ1) is 10.5. The normalized spacial score (nSPS) is 24.5. The van der Waals surface area contributed by atoms with Gasteiger partial charge >= 0.3 is 0 Å². The van der Waals surface area contributed by atoms with Crippen molar-refractivity contribution in [1.29, 1.82) is 0 Å². The highest BCUT2D eigenvalue weighted by atomic mass is 16.5. The molecule has 0 spiro atoms. The van der Waals surface area contributed by atoms with Crippen molar-refractivity contribution < 1.29 is 4.52 Å². The van der Waals surface area contributed by atoms with Crippen molar-refractivity contribution in [3.8, 4) is 0 Å². The molecular weight excluding hydrogens is 274 g/mol. The molecule has 0 unspecified atom stereocenters. The molecule has 4 heteroatoms. The molecule has 1 aromatic carbocycles. The molecule has 22 heavy (non-hydrogen) atoms. The molecule has 1 N–H and O–H groups in total. The monoisotopic (exact) mass is 299 g/mol. The average Bonchev–Trinajstić information content (AvgIpc) is 2.90. The molecule has 2 aromatic rings. The molecule has 0 saturated heterocycles. The number of hydrogen-bond donors (Lipinski definition) is 1. The van der Waals surface area contributed by atoms with E-state index in [1.54, 1.807) is 0 Å². The lowest BCUT2D eigenvalue weighted by molar-refractivity contribution is 0.187. The molecule has 0 amide bonds. The molecule has 0 aliphatic heterocycles. The van der Waals surface area contributed by atoms with Gasteiger partial charge in [0, 0.05) is 18.7 Å². The van der Waals surface area contributed by atoms with Crippen molar-refractivity contribution in [1.82, 2.24) is 15.4 Å². The third-order valence-electron chi connectivity index (χ3n) is 4.52. The molecule has 3 rings (SSSR count). The highest BCUT2D eigenvalue weighted by Crippen LogP contribution is 2.43. The van der Waals surface area contributed by atoms with Crippen molar-refractivity contribution >= 4 is 0 Å². The van der Waals surface area contributed by atoms with Crippen LogP contribution < -0.4 is 5.32 Å². The summed E-state index contributed by atoms with van der Waals surface area (Å²) >= 11 is 0. The summed E-state index contributed by atoms with van der Waals surface area (Å²) < 4.78 is 5.34. The van der Waals surface area contributed by atoms with Crippen LogP contribution in [-0.4, -0.2) is 30.2 Å². The van der Waals surface area contributed by atoms with Crippen molar-refractivity contribution in [2.24, 2.45) is 0 Å². The topological polar surface area (TPSA) is 41.3 Å². The van der Waals surface area contributed by atoms with E-state index >= 15 is 0 Å². The van der Waals surface area contributed by atoms with Gasteiger partial charge in [-0.1, -0.05) is 42.4 Å². The molecule has 0 bridgehead atoms. The zero-order valence-electron chi connectivity index (χ0n) is 13.7. The summed E-state index contributed by atoms with van der Waals surface area (Å²) in [6.07, 6.45) is 2.36. The summed E-state index contributed by atoms with van der Waals surface area (Å²) in [6, 6.07) is 13.4. The fourth-order valence-corrected chi connectivity index (χ4v) is 3.32. The molecule has 1 saturated carbocycles. The van der Waals surface area contributed by atoms with Gasteiger partial charge in [-0.25, -0.2) is 0 Å². The van der Waals surface area contributed by atoms with Crippen molar-refractivity contribution in [3.63, 3.8) is 0 Å². The Bertz CT molecular complexity index is 600.